The molecule has 0 bridgehead atoms. The van der Waals surface area contributed by atoms with Gasteiger partial charge in [0, 0.05) is 0 Å². The van der Waals surface area contributed by atoms with Gasteiger partial charge in [-0.25, -0.2) is 4.99 Å². The minimum atomic E-state index is 0.221. The Morgan fingerprint density at radius 3 is 2.88 bits per heavy atom. The number of rotatable bonds is 2. The number of nitrogens with zero attached hydrogens (tertiary/aromatic N) is 1. The Bertz CT molecular complexity index is 124. The van der Waals surface area contributed by atoms with Crippen LogP contribution in [0.3, 0.4) is 0 Å². The molecule has 0 aromatic heterocycles. The van der Waals surface area contributed by atoms with E-state index >= 15 is 0 Å². The predicted molar refractivity (Wildman–Crippen MR) is 39.8 cm³/mol. The molecule has 0 amide bonds. The Labute approximate surface area is 58.0 Å². The molecule has 0 aliphatic heterocycles. The Morgan fingerprint density at radius 2 is 2.50 bits per heavy atom. The maximum Gasteiger partial charge on any atom is 0.165 e. The van der Waals surface area contributed by atoms with E-state index in [9.17, 15) is 0 Å². The van der Waals surface area contributed by atoms with Crippen molar-refractivity contribution in [1.29, 1.82) is 0 Å². The fraction of sp³-hybridized carbons (Fsp3) is 0.333. The fourth-order valence-electron chi connectivity index (χ4n) is 0.150. The van der Waals surface area contributed by atoms with Gasteiger partial charge in [-0.15, -0.1) is 0 Å². The monoisotopic (exact) mass is 147 g/mol. The van der Waals surface area contributed by atoms with Crippen LogP contribution in [0.15, 0.2) is 4.99 Å². The molecular weight excluding hydrogens is 142 g/mol. The standard InChI is InChI=1S/C3H5N3S2/c4-3(8)6-1-5-2-7/h1H2,(H3,4,6,8). The van der Waals surface area contributed by atoms with E-state index in [1.807, 2.05) is 0 Å². The van der Waals surface area contributed by atoms with E-state index < -0.39 is 0 Å². The van der Waals surface area contributed by atoms with Crippen LogP contribution in [0.2, 0.25) is 0 Å². The minimum Gasteiger partial charge on any atom is -0.376 e. The SMILES string of the molecule is NC(=S)NCN=C=S. The summed E-state index contributed by atoms with van der Waals surface area (Å²) in [6.45, 7) is 0.318. The van der Waals surface area contributed by atoms with Crippen LogP contribution in [-0.4, -0.2) is 16.9 Å². The van der Waals surface area contributed by atoms with Crippen LogP contribution in [0.1, 0.15) is 0 Å². The number of thiocarbonyl (C=S) groups is 2. The molecule has 0 fully saturated rings. The smallest absolute Gasteiger partial charge is 0.165 e. The molecule has 0 rings (SSSR count). The highest BCUT2D eigenvalue weighted by Crippen LogP contribution is 1.59. The molecule has 0 unspecified atom stereocenters. The van der Waals surface area contributed by atoms with Gasteiger partial charge >= 0.3 is 0 Å². The van der Waals surface area contributed by atoms with E-state index in [1.165, 1.54) is 0 Å². The number of nitrogens with one attached hydrogen (secondary N) is 1. The van der Waals surface area contributed by atoms with Gasteiger partial charge < -0.3 is 11.1 Å². The molecule has 3 nitrogen and oxygen atoms in total. The maximum atomic E-state index is 5.03. The van der Waals surface area contributed by atoms with Crippen LogP contribution in [0.25, 0.3) is 0 Å². The number of hydrogen-bond donors (Lipinski definition) is 2. The molecule has 8 heavy (non-hydrogen) atoms. The first-order valence-corrected chi connectivity index (χ1v) is 2.66. The minimum absolute atomic E-state index is 0.221. The van der Waals surface area contributed by atoms with Crippen LogP contribution in [0, 0.1) is 0 Å². The molecule has 0 atom stereocenters. The largest absolute Gasteiger partial charge is 0.376 e. The molecule has 44 valence electrons. The highest BCUT2D eigenvalue weighted by Gasteiger charge is 1.78. The van der Waals surface area contributed by atoms with E-state index in [2.05, 4.69) is 39.9 Å². The molecule has 0 saturated heterocycles. The van der Waals surface area contributed by atoms with Gasteiger partial charge in [-0.05, 0) is 24.4 Å². The molecule has 0 aromatic rings. The van der Waals surface area contributed by atoms with Crippen molar-refractivity contribution in [3.8, 4) is 0 Å². The second-order valence-corrected chi connectivity index (χ2v) is 1.57. The van der Waals surface area contributed by atoms with Gasteiger partial charge in [0.1, 0.15) is 6.67 Å². The number of isothiocyanates is 1. The maximum absolute atomic E-state index is 5.03. The molecular formula is C3H5N3S2. The van der Waals surface area contributed by atoms with Crippen molar-refractivity contribution in [2.45, 2.75) is 0 Å². The van der Waals surface area contributed by atoms with E-state index in [4.69, 9.17) is 5.73 Å². The van der Waals surface area contributed by atoms with E-state index in [0.717, 1.165) is 0 Å². The van der Waals surface area contributed by atoms with Gasteiger partial charge in [-0.2, -0.15) is 0 Å². The highest BCUT2D eigenvalue weighted by molar-refractivity contribution is 7.80. The fourth-order valence-corrected chi connectivity index (χ4v) is 0.279. The number of nitrogens with two attached hydrogens (primary N) is 1. The van der Waals surface area contributed by atoms with Gasteiger partial charge in [-0.1, -0.05) is 0 Å². The molecule has 0 saturated carbocycles. The lowest BCUT2D eigenvalue weighted by molar-refractivity contribution is 0.940. The van der Waals surface area contributed by atoms with Crippen LogP contribution in [0.5, 0.6) is 0 Å². The second kappa shape index (κ2) is 4.64. The van der Waals surface area contributed by atoms with Crippen LogP contribution in [-0.2, 0) is 0 Å². The summed E-state index contributed by atoms with van der Waals surface area (Å²) in [7, 11) is 0. The van der Waals surface area contributed by atoms with Crippen LogP contribution < -0.4 is 11.1 Å². The van der Waals surface area contributed by atoms with Crippen molar-refractivity contribution in [1.82, 2.24) is 5.32 Å². The molecule has 3 N–H and O–H groups in total. The Morgan fingerprint density at radius 1 is 1.88 bits per heavy atom. The average molecular weight is 147 g/mol. The van der Waals surface area contributed by atoms with Crippen LogP contribution in [0.4, 0.5) is 0 Å². The van der Waals surface area contributed by atoms with Gasteiger partial charge in [0.05, 0.1) is 5.16 Å². The normalized spacial score (nSPS) is 7.00. The molecule has 0 aliphatic carbocycles. The van der Waals surface area contributed by atoms with Crippen molar-refractivity contribution in [3.63, 3.8) is 0 Å². The van der Waals surface area contributed by atoms with Gasteiger partial charge in [0.25, 0.3) is 0 Å². The highest BCUT2D eigenvalue weighted by atomic mass is 32.1. The topological polar surface area (TPSA) is 50.4 Å². The predicted octanol–water partition coefficient (Wildman–Crippen LogP) is -0.120. The van der Waals surface area contributed by atoms with Gasteiger partial charge in [0.15, 0.2) is 5.11 Å². The first kappa shape index (κ1) is 7.49. The molecule has 0 heterocycles. The molecule has 0 spiro atoms. The summed E-state index contributed by atoms with van der Waals surface area (Å²) in [5.74, 6) is 0. The third-order valence-electron chi connectivity index (χ3n) is 0.397. The Hall–Kier alpha value is -0.510. The van der Waals surface area contributed by atoms with Crippen LogP contribution >= 0.6 is 24.4 Å². The zero-order chi connectivity index (χ0) is 6.41. The average Bonchev–Trinajstić information content (AvgIpc) is 1.66. The summed E-state index contributed by atoms with van der Waals surface area (Å²) in [5, 5.41) is 4.93. The van der Waals surface area contributed by atoms with Gasteiger partial charge in [-0.3, -0.25) is 0 Å². The first-order chi connectivity index (χ1) is 3.77. The molecule has 0 aromatic carbocycles. The Balaban J connectivity index is 3.18. The van der Waals surface area contributed by atoms with E-state index in [0.29, 0.717) is 6.67 Å². The third kappa shape index (κ3) is 5.49. The van der Waals surface area contributed by atoms with Crippen molar-refractivity contribution < 1.29 is 0 Å². The number of aliphatic imine (C=N–C) groups is 1. The van der Waals surface area contributed by atoms with E-state index in [1.54, 1.807) is 0 Å². The van der Waals surface area contributed by atoms with Crippen molar-refractivity contribution >= 4 is 34.7 Å². The van der Waals surface area contributed by atoms with Crippen molar-refractivity contribution in [2.75, 3.05) is 6.67 Å². The lowest BCUT2D eigenvalue weighted by Crippen LogP contribution is -2.28. The lowest BCUT2D eigenvalue weighted by Gasteiger charge is -1.93. The molecule has 5 heteroatoms. The summed E-state index contributed by atoms with van der Waals surface area (Å²) in [6, 6.07) is 0. The quantitative estimate of drug-likeness (QED) is 0.422. The summed E-state index contributed by atoms with van der Waals surface area (Å²) >= 11 is 8.72. The lowest BCUT2D eigenvalue weighted by atomic mass is 11.0. The zero-order valence-electron chi connectivity index (χ0n) is 4.05. The molecule has 0 radical (unpaired) electrons. The zero-order valence-corrected chi connectivity index (χ0v) is 5.68. The third-order valence-corrected chi connectivity index (χ3v) is 0.670. The summed E-state index contributed by atoms with van der Waals surface area (Å²) in [6.07, 6.45) is 0. The second-order valence-electron chi connectivity index (χ2n) is 0.949. The Kier molecular flexibility index (Phi) is 4.35. The molecule has 0 aliphatic rings. The number of hydrogen-bond acceptors (Lipinski definition) is 3. The summed E-state index contributed by atoms with van der Waals surface area (Å²) in [4.78, 5) is 3.50. The summed E-state index contributed by atoms with van der Waals surface area (Å²) in [5.41, 5.74) is 5.03. The summed E-state index contributed by atoms with van der Waals surface area (Å²) < 4.78 is 0. The van der Waals surface area contributed by atoms with Gasteiger partial charge in [0.2, 0.25) is 0 Å². The van der Waals surface area contributed by atoms with E-state index in [-0.39, 0.29) is 5.11 Å². The van der Waals surface area contributed by atoms with Crippen molar-refractivity contribution in [2.24, 2.45) is 10.7 Å². The van der Waals surface area contributed by atoms with Crippen molar-refractivity contribution in [3.05, 3.63) is 0 Å². The first-order valence-electron chi connectivity index (χ1n) is 1.84.